The Labute approximate surface area is 138 Å². The van der Waals surface area contributed by atoms with Gasteiger partial charge in [-0.2, -0.15) is 0 Å². The first-order valence-electron chi connectivity index (χ1n) is 8.33. The van der Waals surface area contributed by atoms with Crippen molar-refractivity contribution in [2.24, 2.45) is 0 Å². The van der Waals surface area contributed by atoms with Gasteiger partial charge in [-0.3, -0.25) is 4.79 Å². The lowest BCUT2D eigenvalue weighted by atomic mass is 10.1. The van der Waals surface area contributed by atoms with Crippen molar-refractivity contribution in [3.05, 3.63) is 28.8 Å². The van der Waals surface area contributed by atoms with Crippen LogP contribution in [0.1, 0.15) is 56.9 Å². The van der Waals surface area contributed by atoms with E-state index in [-0.39, 0.29) is 5.91 Å². The fraction of sp³-hybridized carbons (Fsp3) is 0.611. The average Bonchev–Trinajstić information content (AvgIpc) is 2.76. The molecule has 22 heavy (non-hydrogen) atoms. The molecule has 0 spiro atoms. The smallest absolute Gasteiger partial charge is 0.220 e. The second kappa shape index (κ2) is 9.04. The van der Waals surface area contributed by atoms with E-state index in [1.54, 1.807) is 0 Å². The van der Waals surface area contributed by atoms with Gasteiger partial charge in [0.15, 0.2) is 0 Å². The molecule has 1 saturated carbocycles. The molecule has 2 rings (SSSR count). The number of aryl methyl sites for hydroxylation is 1. The Kier molecular flexibility index (Phi) is 7.04. The molecular formula is C18H26ClNO2. The lowest BCUT2D eigenvalue weighted by Gasteiger charge is -2.16. The second-order valence-electron chi connectivity index (χ2n) is 6.12. The number of nitrogens with one attached hydrogen (secondary N) is 1. The maximum atomic E-state index is 11.9. The van der Waals surface area contributed by atoms with Crippen LogP contribution in [0.15, 0.2) is 18.2 Å². The highest BCUT2D eigenvalue weighted by molar-refractivity contribution is 6.31. The van der Waals surface area contributed by atoms with Crippen LogP contribution in [0.5, 0.6) is 5.75 Å². The predicted molar refractivity (Wildman–Crippen MR) is 90.6 cm³/mol. The van der Waals surface area contributed by atoms with Crippen LogP contribution in [0.4, 0.5) is 0 Å². The van der Waals surface area contributed by atoms with Gasteiger partial charge in [-0.15, -0.1) is 0 Å². The van der Waals surface area contributed by atoms with E-state index in [2.05, 4.69) is 5.32 Å². The number of halogens is 1. The van der Waals surface area contributed by atoms with Crippen LogP contribution >= 0.6 is 11.6 Å². The number of rotatable bonds is 6. The van der Waals surface area contributed by atoms with Crippen molar-refractivity contribution < 1.29 is 9.53 Å². The summed E-state index contributed by atoms with van der Waals surface area (Å²) in [5.74, 6) is 0.967. The summed E-state index contributed by atoms with van der Waals surface area (Å²) in [6.45, 7) is 2.51. The molecule has 0 saturated heterocycles. The molecule has 0 radical (unpaired) electrons. The van der Waals surface area contributed by atoms with Crippen molar-refractivity contribution in [3.8, 4) is 5.75 Å². The molecule has 0 bridgehead atoms. The van der Waals surface area contributed by atoms with Gasteiger partial charge in [0.1, 0.15) is 5.75 Å². The van der Waals surface area contributed by atoms with Gasteiger partial charge in [-0.1, -0.05) is 37.3 Å². The number of carbonyl (C=O) groups is 1. The highest BCUT2D eigenvalue weighted by Crippen LogP contribution is 2.21. The highest BCUT2D eigenvalue weighted by Gasteiger charge is 2.14. The minimum absolute atomic E-state index is 0.155. The molecule has 1 fully saturated rings. The molecule has 0 aliphatic heterocycles. The molecule has 122 valence electrons. The molecule has 0 unspecified atom stereocenters. The fourth-order valence-electron chi connectivity index (χ4n) is 2.85. The van der Waals surface area contributed by atoms with Gasteiger partial charge in [0.05, 0.1) is 6.61 Å². The molecule has 3 nitrogen and oxygen atoms in total. The maximum Gasteiger partial charge on any atom is 0.220 e. The van der Waals surface area contributed by atoms with E-state index in [1.807, 2.05) is 25.1 Å². The zero-order valence-corrected chi connectivity index (χ0v) is 14.1. The molecule has 1 amide bonds. The van der Waals surface area contributed by atoms with E-state index in [4.69, 9.17) is 16.3 Å². The number of amides is 1. The maximum absolute atomic E-state index is 11.9. The SMILES string of the molecule is Cc1cc(OCCCC(=O)NC2CCCCCC2)ccc1Cl. The second-order valence-corrected chi connectivity index (χ2v) is 6.53. The lowest BCUT2D eigenvalue weighted by Crippen LogP contribution is -2.34. The summed E-state index contributed by atoms with van der Waals surface area (Å²) < 4.78 is 5.66. The third-order valence-electron chi connectivity index (χ3n) is 4.17. The van der Waals surface area contributed by atoms with Crippen molar-refractivity contribution >= 4 is 17.5 Å². The fourth-order valence-corrected chi connectivity index (χ4v) is 2.97. The molecule has 1 aliphatic rings. The van der Waals surface area contributed by atoms with Crippen molar-refractivity contribution in [2.75, 3.05) is 6.61 Å². The van der Waals surface area contributed by atoms with Crippen LogP contribution in [0, 0.1) is 6.92 Å². The monoisotopic (exact) mass is 323 g/mol. The lowest BCUT2D eigenvalue weighted by molar-refractivity contribution is -0.122. The normalized spacial score (nSPS) is 16.1. The van der Waals surface area contributed by atoms with Gasteiger partial charge in [-0.05, 0) is 49.9 Å². The van der Waals surface area contributed by atoms with E-state index < -0.39 is 0 Å². The van der Waals surface area contributed by atoms with Crippen LogP contribution in [0.2, 0.25) is 5.02 Å². The van der Waals surface area contributed by atoms with Gasteiger partial charge in [0.25, 0.3) is 0 Å². The molecule has 1 aromatic rings. The van der Waals surface area contributed by atoms with Gasteiger partial charge in [0, 0.05) is 17.5 Å². The first kappa shape index (κ1) is 17.1. The largest absolute Gasteiger partial charge is 0.494 e. The number of benzene rings is 1. The van der Waals surface area contributed by atoms with Crippen molar-refractivity contribution in [2.45, 2.75) is 64.3 Å². The van der Waals surface area contributed by atoms with E-state index in [1.165, 1.54) is 25.7 Å². The molecule has 1 aromatic carbocycles. The molecule has 4 heteroatoms. The predicted octanol–water partition coefficient (Wildman–Crippen LogP) is 4.65. The number of carbonyl (C=O) groups excluding carboxylic acids is 1. The minimum atomic E-state index is 0.155. The van der Waals surface area contributed by atoms with Crippen molar-refractivity contribution in [1.29, 1.82) is 0 Å². The molecule has 0 aromatic heterocycles. The summed E-state index contributed by atoms with van der Waals surface area (Å²) in [7, 11) is 0. The standard InChI is InChI=1S/C18H26ClNO2/c1-14-13-16(10-11-17(14)19)22-12-6-9-18(21)20-15-7-4-2-3-5-8-15/h10-11,13,15H,2-9,12H2,1H3,(H,20,21). The van der Waals surface area contributed by atoms with Crippen LogP contribution in [0.25, 0.3) is 0 Å². The Morgan fingerprint density at radius 3 is 2.68 bits per heavy atom. The van der Waals surface area contributed by atoms with Crippen LogP contribution < -0.4 is 10.1 Å². The summed E-state index contributed by atoms with van der Waals surface area (Å²) in [4.78, 5) is 11.9. The zero-order valence-electron chi connectivity index (χ0n) is 13.4. The van der Waals surface area contributed by atoms with E-state index in [0.717, 1.165) is 35.6 Å². The Hall–Kier alpha value is -1.22. The van der Waals surface area contributed by atoms with Gasteiger partial charge in [-0.25, -0.2) is 0 Å². The quantitative estimate of drug-likeness (QED) is 0.611. The van der Waals surface area contributed by atoms with Crippen molar-refractivity contribution in [1.82, 2.24) is 5.32 Å². The Bertz CT molecular complexity index is 482. The van der Waals surface area contributed by atoms with Gasteiger partial charge >= 0.3 is 0 Å². The zero-order chi connectivity index (χ0) is 15.8. The molecule has 1 N–H and O–H groups in total. The minimum Gasteiger partial charge on any atom is -0.494 e. The number of ether oxygens (including phenoxy) is 1. The van der Waals surface area contributed by atoms with E-state index in [9.17, 15) is 4.79 Å². The summed E-state index contributed by atoms with van der Waals surface area (Å²) in [5, 5.41) is 3.91. The Morgan fingerprint density at radius 1 is 1.27 bits per heavy atom. The number of hydrogen-bond donors (Lipinski definition) is 1. The molecule has 1 aliphatic carbocycles. The third kappa shape index (κ3) is 5.88. The highest BCUT2D eigenvalue weighted by atomic mass is 35.5. The van der Waals surface area contributed by atoms with E-state index in [0.29, 0.717) is 19.1 Å². The summed E-state index contributed by atoms with van der Waals surface area (Å²) >= 11 is 5.98. The van der Waals surface area contributed by atoms with Crippen molar-refractivity contribution in [3.63, 3.8) is 0 Å². The average molecular weight is 324 g/mol. The van der Waals surface area contributed by atoms with Crippen LogP contribution in [-0.4, -0.2) is 18.6 Å². The Morgan fingerprint density at radius 2 is 2.00 bits per heavy atom. The van der Waals surface area contributed by atoms with E-state index >= 15 is 0 Å². The summed E-state index contributed by atoms with van der Waals surface area (Å²) in [6.07, 6.45) is 8.62. The topological polar surface area (TPSA) is 38.3 Å². The number of hydrogen-bond acceptors (Lipinski definition) is 2. The molecular weight excluding hydrogens is 298 g/mol. The summed E-state index contributed by atoms with van der Waals surface area (Å²) in [6, 6.07) is 6.01. The molecule has 0 atom stereocenters. The summed E-state index contributed by atoms with van der Waals surface area (Å²) in [5.41, 5.74) is 1.00. The van der Waals surface area contributed by atoms with Crippen LogP contribution in [-0.2, 0) is 4.79 Å². The third-order valence-corrected chi connectivity index (χ3v) is 4.59. The Balaban J connectivity index is 1.63. The first-order chi connectivity index (χ1) is 10.6. The van der Waals surface area contributed by atoms with Gasteiger partial charge in [0.2, 0.25) is 5.91 Å². The van der Waals surface area contributed by atoms with Gasteiger partial charge < -0.3 is 10.1 Å². The first-order valence-corrected chi connectivity index (χ1v) is 8.71. The van der Waals surface area contributed by atoms with Crippen LogP contribution in [0.3, 0.4) is 0 Å². The molecule has 0 heterocycles.